The number of ether oxygens (including phenoxy) is 1. The standard InChI is InChI=1S/C17H18F2N2OS/c1-3-15(11-4-7-13(22-2)8-5-11)20-17(23)21-16-9-6-12(18)10-14(16)19/h4-10,15H,3H2,1-2H3,(H2,20,21,23)/t15-/m1/s1. The number of benzene rings is 2. The number of thiocarbonyl (C=S) groups is 1. The summed E-state index contributed by atoms with van der Waals surface area (Å²) in [4.78, 5) is 0. The summed E-state index contributed by atoms with van der Waals surface area (Å²) in [6, 6.07) is 10.9. The Hall–Kier alpha value is -2.21. The lowest BCUT2D eigenvalue weighted by Gasteiger charge is -2.20. The molecule has 3 nitrogen and oxygen atoms in total. The Morgan fingerprint density at radius 3 is 2.43 bits per heavy atom. The highest BCUT2D eigenvalue weighted by Crippen LogP contribution is 2.21. The highest BCUT2D eigenvalue weighted by atomic mass is 32.1. The van der Waals surface area contributed by atoms with Crippen LogP contribution in [0.4, 0.5) is 14.5 Å². The van der Waals surface area contributed by atoms with Gasteiger partial charge in [0.1, 0.15) is 17.4 Å². The first kappa shape index (κ1) is 17.1. The van der Waals surface area contributed by atoms with Gasteiger partial charge in [-0.1, -0.05) is 19.1 Å². The average Bonchev–Trinajstić information content (AvgIpc) is 2.55. The highest BCUT2D eigenvalue weighted by Gasteiger charge is 2.12. The van der Waals surface area contributed by atoms with E-state index in [1.54, 1.807) is 7.11 Å². The topological polar surface area (TPSA) is 33.3 Å². The van der Waals surface area contributed by atoms with Gasteiger partial charge in [0.25, 0.3) is 0 Å². The lowest BCUT2D eigenvalue weighted by atomic mass is 10.0. The van der Waals surface area contributed by atoms with Crippen LogP contribution in [0.3, 0.4) is 0 Å². The van der Waals surface area contributed by atoms with E-state index in [0.29, 0.717) is 0 Å². The molecule has 0 heterocycles. The van der Waals surface area contributed by atoms with E-state index in [2.05, 4.69) is 10.6 Å². The fourth-order valence-electron chi connectivity index (χ4n) is 2.16. The monoisotopic (exact) mass is 336 g/mol. The smallest absolute Gasteiger partial charge is 0.171 e. The summed E-state index contributed by atoms with van der Waals surface area (Å²) in [5.41, 5.74) is 1.17. The van der Waals surface area contributed by atoms with Gasteiger partial charge in [-0.05, 0) is 48.5 Å². The molecule has 0 aromatic heterocycles. The quantitative estimate of drug-likeness (QED) is 0.793. The van der Waals surface area contributed by atoms with E-state index in [1.807, 2.05) is 31.2 Å². The molecule has 0 aliphatic heterocycles. The summed E-state index contributed by atoms with van der Waals surface area (Å²) < 4.78 is 31.7. The van der Waals surface area contributed by atoms with Gasteiger partial charge in [-0.2, -0.15) is 0 Å². The van der Waals surface area contributed by atoms with E-state index >= 15 is 0 Å². The molecule has 2 aromatic rings. The maximum atomic E-state index is 13.6. The number of nitrogens with one attached hydrogen (secondary N) is 2. The maximum absolute atomic E-state index is 13.6. The molecule has 0 amide bonds. The van der Waals surface area contributed by atoms with Crippen molar-refractivity contribution in [3.05, 3.63) is 59.7 Å². The lowest BCUT2D eigenvalue weighted by Crippen LogP contribution is -2.32. The number of hydrogen-bond donors (Lipinski definition) is 2. The zero-order valence-corrected chi connectivity index (χ0v) is 13.7. The Bertz CT molecular complexity index is 677. The summed E-state index contributed by atoms with van der Waals surface area (Å²) in [6.45, 7) is 2.02. The molecule has 0 fully saturated rings. The number of hydrogen-bond acceptors (Lipinski definition) is 2. The molecular weight excluding hydrogens is 318 g/mol. The van der Waals surface area contributed by atoms with Crippen LogP contribution >= 0.6 is 12.2 Å². The molecule has 2 rings (SSSR count). The van der Waals surface area contributed by atoms with Gasteiger partial charge < -0.3 is 15.4 Å². The molecule has 1 atom stereocenters. The van der Waals surface area contributed by atoms with Crippen molar-refractivity contribution in [1.82, 2.24) is 5.32 Å². The van der Waals surface area contributed by atoms with Crippen LogP contribution in [0, 0.1) is 11.6 Å². The van der Waals surface area contributed by atoms with Gasteiger partial charge in [0.05, 0.1) is 18.8 Å². The first-order valence-electron chi connectivity index (χ1n) is 7.20. The zero-order valence-electron chi connectivity index (χ0n) is 12.9. The van der Waals surface area contributed by atoms with E-state index in [4.69, 9.17) is 17.0 Å². The van der Waals surface area contributed by atoms with Gasteiger partial charge >= 0.3 is 0 Å². The maximum Gasteiger partial charge on any atom is 0.171 e. The fourth-order valence-corrected chi connectivity index (χ4v) is 2.42. The van der Waals surface area contributed by atoms with E-state index in [9.17, 15) is 8.78 Å². The number of halogens is 2. The molecule has 0 radical (unpaired) electrons. The average molecular weight is 336 g/mol. The van der Waals surface area contributed by atoms with Crippen molar-refractivity contribution in [2.24, 2.45) is 0 Å². The molecule has 0 aliphatic rings. The van der Waals surface area contributed by atoms with Gasteiger partial charge in [0, 0.05) is 6.07 Å². The minimum atomic E-state index is -0.688. The molecule has 0 saturated heterocycles. The van der Waals surface area contributed by atoms with Crippen molar-refractivity contribution in [2.45, 2.75) is 19.4 Å². The Morgan fingerprint density at radius 2 is 1.87 bits per heavy atom. The van der Waals surface area contributed by atoms with Crippen molar-refractivity contribution >= 4 is 23.0 Å². The van der Waals surface area contributed by atoms with Crippen LogP contribution in [0.1, 0.15) is 24.9 Å². The summed E-state index contributed by atoms with van der Waals surface area (Å²) in [5, 5.41) is 6.15. The second kappa shape index (κ2) is 7.87. The number of methoxy groups -OCH3 is 1. The van der Waals surface area contributed by atoms with Crippen LogP contribution in [0.5, 0.6) is 5.75 Å². The molecule has 23 heavy (non-hydrogen) atoms. The predicted octanol–water partition coefficient (Wildman–Crippen LogP) is 4.41. The van der Waals surface area contributed by atoms with E-state index in [1.165, 1.54) is 12.1 Å². The van der Waals surface area contributed by atoms with E-state index in [0.717, 1.165) is 23.8 Å². The molecule has 122 valence electrons. The third-order valence-electron chi connectivity index (χ3n) is 3.41. The van der Waals surface area contributed by atoms with Crippen molar-refractivity contribution in [2.75, 3.05) is 12.4 Å². The second-order valence-corrected chi connectivity index (χ2v) is 5.36. The summed E-state index contributed by atoms with van der Waals surface area (Å²) >= 11 is 5.21. The highest BCUT2D eigenvalue weighted by molar-refractivity contribution is 7.80. The molecule has 0 spiro atoms. The van der Waals surface area contributed by atoms with Gasteiger partial charge in [0.2, 0.25) is 0 Å². The van der Waals surface area contributed by atoms with Crippen LogP contribution in [-0.2, 0) is 0 Å². The first-order valence-corrected chi connectivity index (χ1v) is 7.60. The first-order chi connectivity index (χ1) is 11.0. The Balaban J connectivity index is 2.04. The third-order valence-corrected chi connectivity index (χ3v) is 3.63. The molecule has 2 N–H and O–H groups in total. The lowest BCUT2D eigenvalue weighted by molar-refractivity contribution is 0.414. The molecule has 2 aromatic carbocycles. The number of anilines is 1. The molecule has 0 saturated carbocycles. The Kier molecular flexibility index (Phi) is 5.87. The van der Waals surface area contributed by atoms with Crippen molar-refractivity contribution in [3.8, 4) is 5.75 Å². The summed E-state index contributed by atoms with van der Waals surface area (Å²) in [6.07, 6.45) is 0.792. The van der Waals surface area contributed by atoms with Gasteiger partial charge in [-0.3, -0.25) is 0 Å². The molecular formula is C17H18F2N2OS. The minimum absolute atomic E-state index is 0.0237. The summed E-state index contributed by atoms with van der Waals surface area (Å²) in [5.74, 6) is -0.541. The molecule has 6 heteroatoms. The van der Waals surface area contributed by atoms with E-state index in [-0.39, 0.29) is 16.8 Å². The Morgan fingerprint density at radius 1 is 1.17 bits per heavy atom. The predicted molar refractivity (Wildman–Crippen MR) is 91.7 cm³/mol. The molecule has 0 unspecified atom stereocenters. The largest absolute Gasteiger partial charge is 0.497 e. The Labute approximate surface area is 139 Å². The molecule has 0 bridgehead atoms. The van der Waals surface area contributed by atoms with Crippen LogP contribution < -0.4 is 15.4 Å². The SMILES string of the molecule is CC[C@@H](NC(=S)Nc1ccc(F)cc1F)c1ccc(OC)cc1. The van der Waals surface area contributed by atoms with Crippen LogP contribution in [0.2, 0.25) is 0 Å². The molecule has 0 aliphatic carbocycles. The van der Waals surface area contributed by atoms with Gasteiger partial charge in [0.15, 0.2) is 5.11 Å². The van der Waals surface area contributed by atoms with Gasteiger partial charge in [-0.15, -0.1) is 0 Å². The normalized spacial score (nSPS) is 11.7. The van der Waals surface area contributed by atoms with Crippen molar-refractivity contribution < 1.29 is 13.5 Å². The van der Waals surface area contributed by atoms with Crippen molar-refractivity contribution in [1.29, 1.82) is 0 Å². The van der Waals surface area contributed by atoms with E-state index < -0.39 is 11.6 Å². The van der Waals surface area contributed by atoms with Gasteiger partial charge in [-0.25, -0.2) is 8.78 Å². The van der Waals surface area contributed by atoms with Crippen LogP contribution in [0.15, 0.2) is 42.5 Å². The van der Waals surface area contributed by atoms with Crippen LogP contribution in [0.25, 0.3) is 0 Å². The summed E-state index contributed by atoms with van der Waals surface area (Å²) in [7, 11) is 1.61. The number of rotatable bonds is 5. The zero-order chi connectivity index (χ0) is 16.8. The third kappa shape index (κ3) is 4.63. The minimum Gasteiger partial charge on any atom is -0.497 e. The second-order valence-electron chi connectivity index (χ2n) is 4.96. The fraction of sp³-hybridized carbons (Fsp3) is 0.235. The van der Waals surface area contributed by atoms with Crippen molar-refractivity contribution in [3.63, 3.8) is 0 Å². The van der Waals surface area contributed by atoms with Crippen LogP contribution in [-0.4, -0.2) is 12.2 Å².